The minimum atomic E-state index is -1.09. The molecule has 1 unspecified atom stereocenters. The van der Waals surface area contributed by atoms with Gasteiger partial charge in [0.25, 0.3) is 0 Å². The summed E-state index contributed by atoms with van der Waals surface area (Å²) in [6.07, 6.45) is 1.99. The molecule has 0 aromatic carbocycles. The van der Waals surface area contributed by atoms with Gasteiger partial charge in [-0.05, 0) is 18.1 Å². The maximum atomic E-state index is 11.6. The lowest BCUT2D eigenvalue weighted by Gasteiger charge is -2.33. The van der Waals surface area contributed by atoms with Crippen LogP contribution in [0.25, 0.3) is 0 Å². The standard InChI is InChI=1S/C12H14N2O4/c1-18-10-6-8(3-5-13-10)12(11(16)17)4-2-9(15)14-7-12/h3,5-6H,2,4,7H2,1H3,(H,14,15)(H,16,17). The first kappa shape index (κ1) is 12.3. The average molecular weight is 250 g/mol. The zero-order chi connectivity index (χ0) is 13.2. The minimum absolute atomic E-state index is 0.0916. The molecule has 1 saturated heterocycles. The van der Waals surface area contributed by atoms with Gasteiger partial charge < -0.3 is 15.2 Å². The predicted molar refractivity (Wildman–Crippen MR) is 62.3 cm³/mol. The van der Waals surface area contributed by atoms with Crippen LogP contribution in [0.3, 0.4) is 0 Å². The quantitative estimate of drug-likeness (QED) is 0.806. The van der Waals surface area contributed by atoms with E-state index in [9.17, 15) is 14.7 Å². The van der Waals surface area contributed by atoms with E-state index in [1.54, 1.807) is 12.1 Å². The van der Waals surface area contributed by atoms with Crippen LogP contribution >= 0.6 is 0 Å². The maximum absolute atomic E-state index is 11.6. The number of nitrogens with one attached hydrogen (secondary N) is 1. The van der Waals surface area contributed by atoms with E-state index in [1.807, 2.05) is 0 Å². The molecule has 0 spiro atoms. The number of amides is 1. The molecule has 0 saturated carbocycles. The minimum Gasteiger partial charge on any atom is -0.481 e. The molecule has 1 aliphatic rings. The highest BCUT2D eigenvalue weighted by Gasteiger charge is 2.43. The molecule has 1 atom stereocenters. The number of carbonyl (C=O) groups is 2. The van der Waals surface area contributed by atoms with Crippen LogP contribution in [-0.4, -0.2) is 35.6 Å². The molecule has 18 heavy (non-hydrogen) atoms. The fourth-order valence-electron chi connectivity index (χ4n) is 2.12. The first-order chi connectivity index (χ1) is 8.58. The van der Waals surface area contributed by atoms with Gasteiger partial charge in [-0.1, -0.05) is 0 Å². The van der Waals surface area contributed by atoms with E-state index in [0.29, 0.717) is 11.4 Å². The fourth-order valence-corrected chi connectivity index (χ4v) is 2.12. The third-order valence-electron chi connectivity index (χ3n) is 3.27. The largest absolute Gasteiger partial charge is 0.481 e. The van der Waals surface area contributed by atoms with E-state index in [4.69, 9.17) is 4.74 Å². The number of nitrogens with zero attached hydrogens (tertiary/aromatic N) is 1. The van der Waals surface area contributed by atoms with Gasteiger partial charge in [0.15, 0.2) is 0 Å². The van der Waals surface area contributed by atoms with E-state index < -0.39 is 11.4 Å². The highest BCUT2D eigenvalue weighted by molar-refractivity contribution is 5.87. The summed E-state index contributed by atoms with van der Waals surface area (Å²) in [5.41, 5.74) is -0.494. The summed E-state index contributed by atoms with van der Waals surface area (Å²) < 4.78 is 5.00. The second kappa shape index (κ2) is 4.64. The van der Waals surface area contributed by atoms with Gasteiger partial charge in [-0.25, -0.2) is 4.98 Å². The molecule has 6 nitrogen and oxygen atoms in total. The number of piperidine rings is 1. The Morgan fingerprint density at radius 3 is 2.94 bits per heavy atom. The van der Waals surface area contributed by atoms with Crippen molar-refractivity contribution >= 4 is 11.9 Å². The number of carboxylic acids is 1. The SMILES string of the molecule is COc1cc(C2(C(=O)O)CCC(=O)NC2)ccn1. The summed E-state index contributed by atoms with van der Waals surface area (Å²) in [6, 6.07) is 3.25. The number of methoxy groups -OCH3 is 1. The molecule has 6 heteroatoms. The van der Waals surface area contributed by atoms with Crippen LogP contribution < -0.4 is 10.1 Å². The van der Waals surface area contributed by atoms with Gasteiger partial charge in [0.1, 0.15) is 5.41 Å². The van der Waals surface area contributed by atoms with E-state index in [-0.39, 0.29) is 25.3 Å². The maximum Gasteiger partial charge on any atom is 0.315 e. The molecule has 2 rings (SSSR count). The molecule has 0 bridgehead atoms. The Morgan fingerprint density at radius 1 is 1.61 bits per heavy atom. The van der Waals surface area contributed by atoms with E-state index >= 15 is 0 Å². The highest BCUT2D eigenvalue weighted by atomic mass is 16.5. The highest BCUT2D eigenvalue weighted by Crippen LogP contribution is 2.33. The van der Waals surface area contributed by atoms with Gasteiger partial charge in [0, 0.05) is 25.2 Å². The molecule has 1 amide bonds. The topological polar surface area (TPSA) is 88.5 Å². The van der Waals surface area contributed by atoms with Crippen LogP contribution in [0.4, 0.5) is 0 Å². The van der Waals surface area contributed by atoms with Crippen molar-refractivity contribution in [1.29, 1.82) is 0 Å². The summed E-state index contributed by atoms with van der Waals surface area (Å²) >= 11 is 0. The zero-order valence-electron chi connectivity index (χ0n) is 9.97. The number of carboxylic acid groups (broad SMARTS) is 1. The fraction of sp³-hybridized carbons (Fsp3) is 0.417. The van der Waals surface area contributed by atoms with Crippen molar-refractivity contribution in [1.82, 2.24) is 10.3 Å². The van der Waals surface area contributed by atoms with Crippen molar-refractivity contribution < 1.29 is 19.4 Å². The molecule has 1 aliphatic heterocycles. The second-order valence-corrected chi connectivity index (χ2v) is 4.25. The van der Waals surface area contributed by atoms with Crippen molar-refractivity contribution in [2.75, 3.05) is 13.7 Å². The predicted octanol–water partition coefficient (Wildman–Crippen LogP) is 0.323. The number of pyridine rings is 1. The second-order valence-electron chi connectivity index (χ2n) is 4.25. The molecule has 2 N–H and O–H groups in total. The average Bonchev–Trinajstić information content (AvgIpc) is 2.39. The Balaban J connectivity index is 2.40. The number of hydrogen-bond donors (Lipinski definition) is 2. The molecular formula is C12H14N2O4. The van der Waals surface area contributed by atoms with Crippen LogP contribution in [0.1, 0.15) is 18.4 Å². The van der Waals surface area contributed by atoms with Gasteiger partial charge in [0.2, 0.25) is 11.8 Å². The number of rotatable bonds is 3. The normalized spacial score (nSPS) is 23.3. The monoisotopic (exact) mass is 250 g/mol. The molecule has 0 aliphatic carbocycles. The number of carbonyl (C=O) groups excluding carboxylic acids is 1. The van der Waals surface area contributed by atoms with Gasteiger partial charge in [-0.2, -0.15) is 0 Å². The lowest BCUT2D eigenvalue weighted by Crippen LogP contribution is -2.51. The molecular weight excluding hydrogens is 236 g/mol. The molecule has 1 aromatic heterocycles. The number of hydrogen-bond acceptors (Lipinski definition) is 4. The van der Waals surface area contributed by atoms with Crippen LogP contribution in [0.15, 0.2) is 18.3 Å². The van der Waals surface area contributed by atoms with Gasteiger partial charge in [-0.15, -0.1) is 0 Å². The van der Waals surface area contributed by atoms with E-state index in [1.165, 1.54) is 13.3 Å². The van der Waals surface area contributed by atoms with Gasteiger partial charge >= 0.3 is 5.97 Å². The first-order valence-corrected chi connectivity index (χ1v) is 5.59. The van der Waals surface area contributed by atoms with Crippen molar-refractivity contribution in [3.63, 3.8) is 0 Å². The lowest BCUT2D eigenvalue weighted by molar-refractivity contribution is -0.145. The van der Waals surface area contributed by atoms with Crippen LogP contribution in [-0.2, 0) is 15.0 Å². The van der Waals surface area contributed by atoms with Crippen molar-refractivity contribution in [3.8, 4) is 5.88 Å². The van der Waals surface area contributed by atoms with E-state index in [0.717, 1.165) is 0 Å². The van der Waals surface area contributed by atoms with Gasteiger partial charge in [-0.3, -0.25) is 9.59 Å². The summed E-state index contributed by atoms with van der Waals surface area (Å²) in [5, 5.41) is 12.1. The molecule has 0 radical (unpaired) electrons. The van der Waals surface area contributed by atoms with Crippen molar-refractivity contribution in [2.45, 2.75) is 18.3 Å². The zero-order valence-corrected chi connectivity index (χ0v) is 9.97. The molecule has 1 fully saturated rings. The number of aliphatic carboxylic acids is 1. The van der Waals surface area contributed by atoms with Crippen molar-refractivity contribution in [3.05, 3.63) is 23.9 Å². The summed E-state index contributed by atoms with van der Waals surface area (Å²) in [6.45, 7) is 0.0916. The summed E-state index contributed by atoms with van der Waals surface area (Å²) in [5.74, 6) is -0.700. The Labute approximate surface area is 104 Å². The Hall–Kier alpha value is -2.11. The van der Waals surface area contributed by atoms with Crippen LogP contribution in [0.5, 0.6) is 5.88 Å². The number of ether oxygens (including phenoxy) is 1. The number of aromatic nitrogens is 1. The van der Waals surface area contributed by atoms with Crippen LogP contribution in [0.2, 0.25) is 0 Å². The van der Waals surface area contributed by atoms with Gasteiger partial charge in [0.05, 0.1) is 7.11 Å². The summed E-state index contributed by atoms with van der Waals surface area (Å²) in [7, 11) is 1.47. The summed E-state index contributed by atoms with van der Waals surface area (Å²) in [4.78, 5) is 26.7. The Bertz CT molecular complexity index is 477. The van der Waals surface area contributed by atoms with E-state index in [2.05, 4.69) is 10.3 Å². The molecule has 1 aromatic rings. The smallest absolute Gasteiger partial charge is 0.315 e. The third kappa shape index (κ3) is 2.01. The van der Waals surface area contributed by atoms with Crippen LogP contribution in [0, 0.1) is 0 Å². The first-order valence-electron chi connectivity index (χ1n) is 5.59. The molecule has 2 heterocycles. The third-order valence-corrected chi connectivity index (χ3v) is 3.27. The Kier molecular flexibility index (Phi) is 3.18. The molecule has 96 valence electrons. The lowest BCUT2D eigenvalue weighted by atomic mass is 9.75. The Morgan fingerprint density at radius 2 is 2.39 bits per heavy atom. The van der Waals surface area contributed by atoms with Crippen molar-refractivity contribution in [2.24, 2.45) is 0 Å².